The highest BCUT2D eigenvalue weighted by atomic mass is 79.9. The highest BCUT2D eigenvalue weighted by Gasteiger charge is 2.05. The molecule has 0 saturated heterocycles. The van der Waals surface area contributed by atoms with Crippen LogP contribution in [0.25, 0.3) is 0 Å². The fraction of sp³-hybridized carbons (Fsp3) is 0.0769. The fourth-order valence-electron chi connectivity index (χ4n) is 1.45. The van der Waals surface area contributed by atoms with Gasteiger partial charge in [-0.3, -0.25) is 0 Å². The first-order chi connectivity index (χ1) is 8.56. The molecule has 0 amide bonds. The predicted octanol–water partition coefficient (Wildman–Crippen LogP) is 4.92. The van der Waals surface area contributed by atoms with Gasteiger partial charge in [0.25, 0.3) is 0 Å². The number of halogens is 3. The van der Waals surface area contributed by atoms with Crippen LogP contribution in [0, 0.1) is 0 Å². The maximum absolute atomic E-state index is 6.05. The van der Waals surface area contributed by atoms with Crippen molar-refractivity contribution in [1.29, 1.82) is 0 Å². The van der Waals surface area contributed by atoms with Gasteiger partial charge < -0.3 is 10.5 Å². The van der Waals surface area contributed by atoms with Crippen LogP contribution in [0.4, 0.5) is 5.69 Å². The molecule has 0 fully saturated rings. The van der Waals surface area contributed by atoms with E-state index in [1.165, 1.54) is 0 Å². The Hall–Kier alpha value is -0.900. The van der Waals surface area contributed by atoms with Gasteiger partial charge in [0.15, 0.2) is 0 Å². The summed E-state index contributed by atoms with van der Waals surface area (Å²) in [5, 5.41) is 1.16. The lowest BCUT2D eigenvalue weighted by atomic mass is 10.2. The van der Waals surface area contributed by atoms with Crippen molar-refractivity contribution < 1.29 is 4.74 Å². The number of anilines is 1. The van der Waals surface area contributed by atoms with Gasteiger partial charge in [-0.05, 0) is 30.3 Å². The zero-order valence-corrected chi connectivity index (χ0v) is 12.4. The summed E-state index contributed by atoms with van der Waals surface area (Å²) in [6.45, 7) is 0.352. The number of nitrogens with two attached hydrogens (primary N) is 1. The molecule has 5 heteroatoms. The van der Waals surface area contributed by atoms with Crippen LogP contribution in [0.3, 0.4) is 0 Å². The first kappa shape index (κ1) is 13.5. The van der Waals surface area contributed by atoms with Crippen molar-refractivity contribution in [1.82, 2.24) is 0 Å². The molecule has 0 heterocycles. The van der Waals surface area contributed by atoms with Gasteiger partial charge >= 0.3 is 0 Å². The van der Waals surface area contributed by atoms with E-state index in [4.69, 9.17) is 33.7 Å². The second-order valence-electron chi connectivity index (χ2n) is 3.71. The van der Waals surface area contributed by atoms with E-state index in [0.717, 1.165) is 10.0 Å². The minimum absolute atomic E-state index is 0.352. The zero-order valence-electron chi connectivity index (χ0n) is 9.29. The van der Waals surface area contributed by atoms with Crippen molar-refractivity contribution in [3.8, 4) is 5.75 Å². The van der Waals surface area contributed by atoms with Gasteiger partial charge in [0, 0.05) is 20.7 Å². The summed E-state index contributed by atoms with van der Waals surface area (Å²) in [7, 11) is 0. The monoisotopic (exact) mass is 345 g/mol. The number of ether oxygens (including phenoxy) is 1. The molecule has 2 N–H and O–H groups in total. The molecule has 0 saturated carbocycles. The summed E-state index contributed by atoms with van der Waals surface area (Å²) in [5.41, 5.74) is 7.32. The van der Waals surface area contributed by atoms with Crippen molar-refractivity contribution in [3.05, 3.63) is 56.5 Å². The Kier molecular flexibility index (Phi) is 4.38. The number of hydrogen-bond acceptors (Lipinski definition) is 2. The molecule has 94 valence electrons. The summed E-state index contributed by atoms with van der Waals surface area (Å²) >= 11 is 15.2. The van der Waals surface area contributed by atoms with Crippen LogP contribution in [0.15, 0.2) is 40.9 Å². The average Bonchev–Trinajstić information content (AvgIpc) is 2.30. The van der Waals surface area contributed by atoms with Crippen molar-refractivity contribution in [2.45, 2.75) is 6.61 Å². The number of benzene rings is 2. The van der Waals surface area contributed by atoms with E-state index in [9.17, 15) is 0 Å². The molecule has 0 aliphatic rings. The van der Waals surface area contributed by atoms with Crippen molar-refractivity contribution in [2.24, 2.45) is 0 Å². The molecule has 2 nitrogen and oxygen atoms in total. The van der Waals surface area contributed by atoms with E-state index < -0.39 is 0 Å². The highest BCUT2D eigenvalue weighted by Crippen LogP contribution is 2.29. The molecule has 0 aliphatic heterocycles. The number of hydrogen-bond donors (Lipinski definition) is 1. The molecule has 0 bridgehead atoms. The molecule has 2 aromatic rings. The standard InChI is InChI=1S/C13H10BrCl2NO/c14-9-2-4-13(11(16)5-9)18-7-8-1-3-10(15)6-12(8)17/h1-6H,7,17H2. The summed E-state index contributed by atoms with van der Waals surface area (Å²) in [6.07, 6.45) is 0. The lowest BCUT2D eigenvalue weighted by Gasteiger charge is -2.10. The van der Waals surface area contributed by atoms with E-state index in [-0.39, 0.29) is 0 Å². The van der Waals surface area contributed by atoms with Gasteiger partial charge in [-0.1, -0.05) is 45.2 Å². The van der Waals surface area contributed by atoms with Crippen molar-refractivity contribution >= 4 is 44.8 Å². The molecule has 2 rings (SSSR count). The second kappa shape index (κ2) is 5.83. The van der Waals surface area contributed by atoms with Crippen LogP contribution in [-0.4, -0.2) is 0 Å². The van der Waals surface area contributed by atoms with Gasteiger partial charge in [0.2, 0.25) is 0 Å². The normalized spacial score (nSPS) is 10.4. The Bertz CT molecular complexity index is 523. The zero-order chi connectivity index (χ0) is 13.1. The van der Waals surface area contributed by atoms with Gasteiger partial charge in [-0.2, -0.15) is 0 Å². The second-order valence-corrected chi connectivity index (χ2v) is 5.47. The largest absolute Gasteiger partial charge is 0.487 e. The molecule has 18 heavy (non-hydrogen) atoms. The smallest absolute Gasteiger partial charge is 0.138 e. The van der Waals surface area contributed by atoms with Crippen molar-refractivity contribution in [2.75, 3.05) is 5.73 Å². The van der Waals surface area contributed by atoms with Crippen LogP contribution >= 0.6 is 39.1 Å². The molecular weight excluding hydrogens is 337 g/mol. The van der Waals surface area contributed by atoms with E-state index in [0.29, 0.717) is 28.1 Å². The van der Waals surface area contributed by atoms with E-state index >= 15 is 0 Å². The Labute approximate surface area is 124 Å². The number of nitrogen functional groups attached to an aromatic ring is 1. The third kappa shape index (κ3) is 3.31. The molecule has 0 unspecified atom stereocenters. The number of rotatable bonds is 3. The van der Waals surface area contributed by atoms with Gasteiger partial charge in [-0.15, -0.1) is 0 Å². The lowest BCUT2D eigenvalue weighted by molar-refractivity contribution is 0.307. The van der Waals surface area contributed by atoms with Gasteiger partial charge in [0.05, 0.1) is 5.02 Å². The minimum Gasteiger partial charge on any atom is -0.487 e. The van der Waals surface area contributed by atoms with E-state index in [1.807, 2.05) is 12.1 Å². The molecule has 0 radical (unpaired) electrons. The minimum atomic E-state index is 0.352. The van der Waals surface area contributed by atoms with Gasteiger partial charge in [0.1, 0.15) is 12.4 Å². The Balaban J connectivity index is 2.11. The topological polar surface area (TPSA) is 35.2 Å². The first-order valence-corrected chi connectivity index (χ1v) is 6.73. The molecule has 0 aliphatic carbocycles. The van der Waals surface area contributed by atoms with Crippen LogP contribution < -0.4 is 10.5 Å². The Morgan fingerprint density at radius 2 is 1.89 bits per heavy atom. The average molecular weight is 347 g/mol. The van der Waals surface area contributed by atoms with Gasteiger partial charge in [-0.25, -0.2) is 0 Å². The van der Waals surface area contributed by atoms with Crippen LogP contribution in [0.2, 0.25) is 10.0 Å². The maximum atomic E-state index is 6.05. The fourth-order valence-corrected chi connectivity index (χ4v) is 2.35. The van der Waals surface area contributed by atoms with Crippen molar-refractivity contribution in [3.63, 3.8) is 0 Å². The van der Waals surface area contributed by atoms with Crippen LogP contribution in [-0.2, 0) is 6.61 Å². The Morgan fingerprint density at radius 3 is 2.56 bits per heavy atom. The quantitative estimate of drug-likeness (QED) is 0.801. The summed E-state index contributed by atoms with van der Waals surface area (Å²) in [4.78, 5) is 0. The highest BCUT2D eigenvalue weighted by molar-refractivity contribution is 9.10. The predicted molar refractivity (Wildman–Crippen MR) is 79.3 cm³/mol. The molecule has 2 aromatic carbocycles. The Morgan fingerprint density at radius 1 is 1.11 bits per heavy atom. The van der Waals surface area contributed by atoms with E-state index in [1.54, 1.807) is 24.3 Å². The third-order valence-electron chi connectivity index (χ3n) is 2.39. The molecule has 0 aromatic heterocycles. The van der Waals surface area contributed by atoms with Crippen LogP contribution in [0.1, 0.15) is 5.56 Å². The third-order valence-corrected chi connectivity index (χ3v) is 3.41. The summed E-state index contributed by atoms with van der Waals surface area (Å²) < 4.78 is 6.53. The first-order valence-electron chi connectivity index (χ1n) is 5.18. The van der Waals surface area contributed by atoms with E-state index in [2.05, 4.69) is 15.9 Å². The molecule has 0 atom stereocenters. The molecule has 0 spiro atoms. The van der Waals surface area contributed by atoms with Crippen LogP contribution in [0.5, 0.6) is 5.75 Å². The maximum Gasteiger partial charge on any atom is 0.138 e. The SMILES string of the molecule is Nc1cc(Cl)ccc1COc1ccc(Br)cc1Cl. The molecular formula is C13H10BrCl2NO. The summed E-state index contributed by atoms with van der Waals surface area (Å²) in [6, 6.07) is 10.8. The summed E-state index contributed by atoms with van der Waals surface area (Å²) in [5.74, 6) is 0.620. The lowest BCUT2D eigenvalue weighted by Crippen LogP contribution is -2.00.